The highest BCUT2D eigenvalue weighted by Crippen LogP contribution is 2.35. The smallest absolute Gasteiger partial charge is 0.419 e. The second-order valence-electron chi connectivity index (χ2n) is 7.08. The van der Waals surface area contributed by atoms with Gasteiger partial charge in [0, 0.05) is 30.1 Å². The Kier molecular flexibility index (Phi) is 4.91. The zero-order valence-electron chi connectivity index (χ0n) is 15.9. The van der Waals surface area contributed by atoms with Crippen LogP contribution in [0.1, 0.15) is 18.4 Å². The van der Waals surface area contributed by atoms with Crippen molar-refractivity contribution in [2.24, 2.45) is 0 Å². The number of fused-ring (bicyclic) bond motifs is 1. The lowest BCUT2D eigenvalue weighted by Crippen LogP contribution is -2.42. The fourth-order valence-electron chi connectivity index (χ4n) is 3.53. The average molecular weight is 434 g/mol. The first-order valence-electron chi connectivity index (χ1n) is 9.26. The summed E-state index contributed by atoms with van der Waals surface area (Å²) in [4.78, 5) is 32.8. The first-order valence-corrected chi connectivity index (χ1v) is 9.26. The van der Waals surface area contributed by atoms with Crippen LogP contribution in [0.4, 0.5) is 29.6 Å². The summed E-state index contributed by atoms with van der Waals surface area (Å²) in [5.74, 6) is -1.49. The van der Waals surface area contributed by atoms with Crippen LogP contribution in [0.25, 0.3) is 16.8 Å². The number of likely N-dealkylation sites (tertiary alicyclic amines) is 1. The fraction of sp³-hybridized carbons (Fsp3) is 0.263. The zero-order chi connectivity index (χ0) is 22.3. The summed E-state index contributed by atoms with van der Waals surface area (Å²) in [5.41, 5.74) is 5.41. The molecular weight excluding hydrogens is 417 g/mol. The number of nitrogens with one attached hydrogen (secondary N) is 1. The van der Waals surface area contributed by atoms with Crippen LogP contribution in [0.2, 0.25) is 0 Å². The van der Waals surface area contributed by atoms with Gasteiger partial charge in [0.25, 0.3) is 0 Å². The van der Waals surface area contributed by atoms with E-state index >= 15 is 0 Å². The number of urea groups is 1. The van der Waals surface area contributed by atoms with Crippen LogP contribution < -0.4 is 11.1 Å². The number of hydrogen-bond acceptors (Lipinski definition) is 5. The lowest BCUT2D eigenvalue weighted by Gasteiger charge is -2.20. The number of carboxylic acids is 1. The van der Waals surface area contributed by atoms with Gasteiger partial charge in [-0.25, -0.2) is 19.6 Å². The van der Waals surface area contributed by atoms with Crippen molar-refractivity contribution in [1.29, 1.82) is 0 Å². The molecule has 1 aliphatic heterocycles. The van der Waals surface area contributed by atoms with Gasteiger partial charge in [0.2, 0.25) is 0 Å². The maximum Gasteiger partial charge on any atom is 0.419 e. The van der Waals surface area contributed by atoms with E-state index in [2.05, 4.69) is 15.3 Å². The number of imidazole rings is 1. The first-order chi connectivity index (χ1) is 14.6. The van der Waals surface area contributed by atoms with Gasteiger partial charge in [0.1, 0.15) is 17.5 Å². The minimum Gasteiger partial charge on any atom is -0.480 e. The van der Waals surface area contributed by atoms with E-state index in [1.54, 1.807) is 18.3 Å². The van der Waals surface area contributed by atoms with Gasteiger partial charge in [-0.15, -0.1) is 0 Å². The SMILES string of the molecule is Nc1ncc(-c2ccc3nc(NC(=O)N4CCCC4C(=O)O)cn3c2)cc1C(F)(F)F. The normalized spacial score (nSPS) is 16.6. The molecule has 9 nitrogen and oxygen atoms in total. The minimum atomic E-state index is -4.63. The molecule has 31 heavy (non-hydrogen) atoms. The van der Waals surface area contributed by atoms with E-state index in [0.717, 1.165) is 6.07 Å². The molecular formula is C19H17F3N6O3. The van der Waals surface area contributed by atoms with Crippen molar-refractivity contribution in [2.45, 2.75) is 25.1 Å². The Bertz CT molecular complexity index is 1180. The molecule has 4 rings (SSSR count). The fourth-order valence-corrected chi connectivity index (χ4v) is 3.53. The number of aromatic nitrogens is 3. The van der Waals surface area contributed by atoms with Crippen LogP contribution in [0, 0.1) is 0 Å². The van der Waals surface area contributed by atoms with Crippen molar-refractivity contribution in [3.05, 3.63) is 42.4 Å². The maximum absolute atomic E-state index is 13.1. The number of pyridine rings is 2. The van der Waals surface area contributed by atoms with Gasteiger partial charge < -0.3 is 20.1 Å². The monoisotopic (exact) mass is 434 g/mol. The Morgan fingerprint density at radius 3 is 2.71 bits per heavy atom. The predicted octanol–water partition coefficient (Wildman–Crippen LogP) is 3.08. The van der Waals surface area contributed by atoms with Gasteiger partial charge in [-0.3, -0.25) is 5.32 Å². The number of carbonyl (C=O) groups is 2. The van der Waals surface area contributed by atoms with E-state index < -0.39 is 35.6 Å². The van der Waals surface area contributed by atoms with Gasteiger partial charge in [0.15, 0.2) is 5.82 Å². The van der Waals surface area contributed by atoms with Crippen molar-refractivity contribution in [2.75, 3.05) is 17.6 Å². The summed E-state index contributed by atoms with van der Waals surface area (Å²) in [6.45, 7) is 0.325. The van der Waals surface area contributed by atoms with Gasteiger partial charge in [-0.1, -0.05) is 0 Å². The van der Waals surface area contributed by atoms with E-state index in [4.69, 9.17) is 5.73 Å². The van der Waals surface area contributed by atoms with Crippen LogP contribution >= 0.6 is 0 Å². The predicted molar refractivity (Wildman–Crippen MR) is 104 cm³/mol. The summed E-state index contributed by atoms with van der Waals surface area (Å²) in [6, 6.07) is 2.60. The number of rotatable bonds is 3. The molecule has 12 heteroatoms. The molecule has 1 unspecified atom stereocenters. The van der Waals surface area contributed by atoms with Crippen molar-refractivity contribution in [1.82, 2.24) is 19.3 Å². The van der Waals surface area contributed by atoms with Crippen LogP contribution in [0.15, 0.2) is 36.8 Å². The molecule has 2 amide bonds. The molecule has 3 aromatic rings. The molecule has 0 aliphatic carbocycles. The third-order valence-electron chi connectivity index (χ3n) is 5.04. The van der Waals surface area contributed by atoms with Crippen LogP contribution in [-0.4, -0.2) is 49.0 Å². The molecule has 0 radical (unpaired) electrons. The van der Waals surface area contributed by atoms with Crippen LogP contribution in [0.5, 0.6) is 0 Å². The number of hydrogen-bond donors (Lipinski definition) is 3. The lowest BCUT2D eigenvalue weighted by atomic mass is 10.1. The standard InChI is InChI=1S/C19H17F3N6O3/c20-19(21,22)12-6-11(7-24-16(12)23)10-3-4-15-25-14(9-27(15)8-10)26-18(31)28-5-1-2-13(28)17(29)30/h3-4,6-9,13H,1-2,5H2,(H2,23,24)(H,26,31)(H,29,30). The highest BCUT2D eigenvalue weighted by atomic mass is 19.4. The second kappa shape index (κ2) is 7.45. The molecule has 0 bridgehead atoms. The van der Waals surface area contributed by atoms with Crippen LogP contribution in [0.3, 0.4) is 0 Å². The van der Waals surface area contributed by atoms with E-state index in [-0.39, 0.29) is 11.4 Å². The Morgan fingerprint density at radius 1 is 1.23 bits per heavy atom. The Hall–Kier alpha value is -3.83. The number of carbonyl (C=O) groups excluding carboxylic acids is 1. The summed E-state index contributed by atoms with van der Waals surface area (Å²) in [5, 5.41) is 11.8. The highest BCUT2D eigenvalue weighted by molar-refractivity contribution is 5.92. The summed E-state index contributed by atoms with van der Waals surface area (Å²) >= 11 is 0. The summed E-state index contributed by atoms with van der Waals surface area (Å²) in [7, 11) is 0. The van der Waals surface area contributed by atoms with Gasteiger partial charge in [-0.05, 0) is 31.0 Å². The van der Waals surface area contributed by atoms with Crippen molar-refractivity contribution in [3.8, 4) is 11.1 Å². The maximum atomic E-state index is 13.1. The summed E-state index contributed by atoms with van der Waals surface area (Å²) in [6.07, 6.45) is 0.609. The second-order valence-corrected chi connectivity index (χ2v) is 7.08. The average Bonchev–Trinajstić information content (AvgIpc) is 3.33. The first kappa shape index (κ1) is 20.4. The number of carboxylic acid groups (broad SMARTS) is 1. The third kappa shape index (κ3) is 3.96. The lowest BCUT2D eigenvalue weighted by molar-refractivity contribution is -0.141. The number of halogens is 3. The highest BCUT2D eigenvalue weighted by Gasteiger charge is 2.35. The van der Waals surface area contributed by atoms with Gasteiger partial charge in [0.05, 0.1) is 11.8 Å². The van der Waals surface area contributed by atoms with Gasteiger partial charge in [-0.2, -0.15) is 13.2 Å². The number of nitrogens with zero attached hydrogens (tertiary/aromatic N) is 4. The molecule has 4 heterocycles. The molecule has 4 N–H and O–H groups in total. The molecule has 1 saturated heterocycles. The molecule has 0 spiro atoms. The third-order valence-corrected chi connectivity index (χ3v) is 5.04. The molecule has 1 aliphatic rings. The number of anilines is 2. The van der Waals surface area contributed by atoms with Crippen LogP contribution in [-0.2, 0) is 11.0 Å². The van der Waals surface area contributed by atoms with E-state index in [0.29, 0.717) is 30.6 Å². The largest absolute Gasteiger partial charge is 0.480 e. The quantitative estimate of drug-likeness (QED) is 0.582. The number of alkyl halides is 3. The molecule has 162 valence electrons. The number of nitrogens with two attached hydrogens (primary N) is 1. The number of aliphatic carboxylic acids is 1. The van der Waals surface area contributed by atoms with E-state index in [1.165, 1.54) is 21.7 Å². The molecule has 0 aromatic carbocycles. The Labute approximate surface area is 173 Å². The van der Waals surface area contributed by atoms with E-state index in [9.17, 15) is 27.9 Å². The zero-order valence-corrected chi connectivity index (χ0v) is 15.9. The Balaban J connectivity index is 1.59. The summed E-state index contributed by atoms with van der Waals surface area (Å²) < 4.78 is 40.9. The van der Waals surface area contributed by atoms with Crippen molar-refractivity contribution < 1.29 is 27.9 Å². The molecule has 3 aromatic heterocycles. The Morgan fingerprint density at radius 2 is 2.00 bits per heavy atom. The van der Waals surface area contributed by atoms with Crippen molar-refractivity contribution in [3.63, 3.8) is 0 Å². The number of nitrogen functional groups attached to an aromatic ring is 1. The topological polar surface area (TPSA) is 126 Å². The van der Waals surface area contributed by atoms with E-state index in [1.807, 2.05) is 0 Å². The van der Waals surface area contributed by atoms with Crippen molar-refractivity contribution >= 4 is 29.3 Å². The molecule has 1 atom stereocenters. The minimum absolute atomic E-state index is 0.185. The molecule has 0 saturated carbocycles. The number of amides is 2. The van der Waals surface area contributed by atoms with Gasteiger partial charge >= 0.3 is 18.2 Å². The molecule has 1 fully saturated rings.